The zero-order valence-electron chi connectivity index (χ0n) is 17.6. The first kappa shape index (κ1) is 23.7. The summed E-state index contributed by atoms with van der Waals surface area (Å²) >= 11 is 8.53. The minimum absolute atomic E-state index is 0.0132. The summed E-state index contributed by atoms with van der Waals surface area (Å²) in [7, 11) is 0. The number of rotatable bonds is 7. The van der Waals surface area contributed by atoms with Crippen LogP contribution in [0.25, 0.3) is 10.8 Å². The first-order chi connectivity index (χ1) is 15.5. The van der Waals surface area contributed by atoms with E-state index in [0.29, 0.717) is 17.9 Å². The van der Waals surface area contributed by atoms with Gasteiger partial charge in [-0.3, -0.25) is 25.8 Å². The maximum atomic E-state index is 12.7. The van der Waals surface area contributed by atoms with Crippen molar-refractivity contribution in [3.63, 3.8) is 0 Å². The molecule has 0 fully saturated rings. The molecular formula is C24H24BrN3O3S. The average Bonchev–Trinajstić information content (AvgIpc) is 2.79. The van der Waals surface area contributed by atoms with Gasteiger partial charge in [0.1, 0.15) is 5.75 Å². The van der Waals surface area contributed by atoms with Gasteiger partial charge < -0.3 is 4.74 Å². The minimum atomic E-state index is -0.432. The molecule has 6 nitrogen and oxygen atoms in total. The minimum Gasteiger partial charge on any atom is -0.493 e. The zero-order chi connectivity index (χ0) is 22.9. The van der Waals surface area contributed by atoms with Crippen molar-refractivity contribution in [1.82, 2.24) is 16.2 Å². The molecule has 3 aromatic carbocycles. The van der Waals surface area contributed by atoms with Gasteiger partial charge in [-0.15, -0.1) is 0 Å². The lowest BCUT2D eigenvalue weighted by atomic mass is 10.0. The molecule has 0 bridgehead atoms. The van der Waals surface area contributed by atoms with E-state index < -0.39 is 5.91 Å². The van der Waals surface area contributed by atoms with Crippen LogP contribution in [-0.2, 0) is 11.2 Å². The van der Waals surface area contributed by atoms with Crippen LogP contribution in [0, 0.1) is 0 Å². The van der Waals surface area contributed by atoms with Crippen molar-refractivity contribution in [1.29, 1.82) is 0 Å². The summed E-state index contributed by atoms with van der Waals surface area (Å²) in [6, 6.07) is 18.9. The maximum absolute atomic E-state index is 12.7. The van der Waals surface area contributed by atoms with Gasteiger partial charge in [-0.25, -0.2) is 0 Å². The average molecular weight is 514 g/mol. The third kappa shape index (κ3) is 6.51. The molecule has 0 heterocycles. The van der Waals surface area contributed by atoms with Gasteiger partial charge in [-0.1, -0.05) is 71.7 Å². The fraction of sp³-hybridized carbons (Fsp3) is 0.208. The second-order valence-electron chi connectivity index (χ2n) is 7.11. The quantitative estimate of drug-likeness (QED) is 0.243. The SMILES string of the molecule is CCCCOc1ccc(Br)cc1C(=O)NC(=S)NNC(=O)Cc1cccc2ccccc12. The predicted molar refractivity (Wildman–Crippen MR) is 134 cm³/mol. The zero-order valence-corrected chi connectivity index (χ0v) is 20.0. The van der Waals surface area contributed by atoms with E-state index in [-0.39, 0.29) is 17.4 Å². The second kappa shape index (κ2) is 11.6. The Labute approximate surface area is 200 Å². The Morgan fingerprint density at radius 1 is 1.03 bits per heavy atom. The number of amides is 2. The van der Waals surface area contributed by atoms with E-state index in [1.165, 1.54) is 0 Å². The largest absolute Gasteiger partial charge is 0.493 e. The summed E-state index contributed by atoms with van der Waals surface area (Å²) in [6.45, 7) is 2.59. The molecule has 166 valence electrons. The standard InChI is InChI=1S/C24H24BrN3O3S/c1-2-3-13-31-21-12-11-18(25)15-20(21)23(30)26-24(32)28-27-22(29)14-17-9-6-8-16-7-4-5-10-19(16)17/h4-12,15H,2-3,13-14H2,1H3,(H,27,29)(H2,26,28,30,32). The Morgan fingerprint density at radius 3 is 2.62 bits per heavy atom. The molecule has 0 radical (unpaired) electrons. The van der Waals surface area contributed by atoms with Gasteiger partial charge in [-0.05, 0) is 53.2 Å². The highest BCUT2D eigenvalue weighted by Crippen LogP contribution is 2.23. The second-order valence-corrected chi connectivity index (χ2v) is 8.44. The summed E-state index contributed by atoms with van der Waals surface area (Å²) in [4.78, 5) is 25.1. The fourth-order valence-corrected chi connectivity index (χ4v) is 3.63. The number of hydrogen-bond donors (Lipinski definition) is 3. The van der Waals surface area contributed by atoms with Crippen molar-refractivity contribution in [3.05, 3.63) is 76.3 Å². The molecule has 2 amide bonds. The van der Waals surface area contributed by atoms with Crippen LogP contribution in [-0.4, -0.2) is 23.5 Å². The topological polar surface area (TPSA) is 79.5 Å². The number of hydrazine groups is 1. The van der Waals surface area contributed by atoms with Gasteiger partial charge >= 0.3 is 0 Å². The summed E-state index contributed by atoms with van der Waals surface area (Å²) in [6.07, 6.45) is 2.05. The smallest absolute Gasteiger partial charge is 0.261 e. The molecule has 0 aromatic heterocycles. The summed E-state index contributed by atoms with van der Waals surface area (Å²) in [5.41, 5.74) is 6.37. The summed E-state index contributed by atoms with van der Waals surface area (Å²) in [5.74, 6) is -0.232. The number of nitrogens with one attached hydrogen (secondary N) is 3. The Kier molecular flexibility index (Phi) is 8.58. The lowest BCUT2D eigenvalue weighted by Gasteiger charge is -2.14. The van der Waals surface area contributed by atoms with Crippen LogP contribution in [0.15, 0.2) is 65.1 Å². The van der Waals surface area contributed by atoms with Crippen LogP contribution in [0.3, 0.4) is 0 Å². The van der Waals surface area contributed by atoms with Crippen LogP contribution >= 0.6 is 28.1 Å². The molecule has 3 N–H and O–H groups in total. The van der Waals surface area contributed by atoms with E-state index in [1.54, 1.807) is 12.1 Å². The van der Waals surface area contributed by atoms with Crippen molar-refractivity contribution < 1.29 is 14.3 Å². The van der Waals surface area contributed by atoms with E-state index in [1.807, 2.05) is 48.5 Å². The van der Waals surface area contributed by atoms with Crippen molar-refractivity contribution in [2.75, 3.05) is 6.61 Å². The highest BCUT2D eigenvalue weighted by Gasteiger charge is 2.15. The highest BCUT2D eigenvalue weighted by molar-refractivity contribution is 9.10. The van der Waals surface area contributed by atoms with E-state index >= 15 is 0 Å². The van der Waals surface area contributed by atoms with E-state index in [4.69, 9.17) is 17.0 Å². The van der Waals surface area contributed by atoms with Crippen molar-refractivity contribution >= 4 is 55.8 Å². The number of thiocarbonyl (C=S) groups is 1. The highest BCUT2D eigenvalue weighted by atomic mass is 79.9. The van der Waals surface area contributed by atoms with Crippen molar-refractivity contribution in [2.24, 2.45) is 0 Å². The summed E-state index contributed by atoms with van der Waals surface area (Å²) in [5, 5.41) is 4.64. The van der Waals surface area contributed by atoms with E-state index in [9.17, 15) is 9.59 Å². The van der Waals surface area contributed by atoms with Gasteiger partial charge in [0.05, 0.1) is 18.6 Å². The molecule has 0 atom stereocenters. The van der Waals surface area contributed by atoms with Crippen LogP contribution < -0.4 is 20.9 Å². The molecular weight excluding hydrogens is 490 g/mol. The molecule has 0 aliphatic rings. The molecule has 0 aliphatic carbocycles. The first-order valence-electron chi connectivity index (χ1n) is 10.3. The Bertz CT molecular complexity index is 1130. The molecule has 3 rings (SSSR count). The monoisotopic (exact) mass is 513 g/mol. The Morgan fingerprint density at radius 2 is 1.81 bits per heavy atom. The van der Waals surface area contributed by atoms with Crippen LogP contribution in [0.2, 0.25) is 0 Å². The van der Waals surface area contributed by atoms with E-state index in [2.05, 4.69) is 39.0 Å². The number of hydrogen-bond acceptors (Lipinski definition) is 4. The first-order valence-corrected chi connectivity index (χ1v) is 11.5. The van der Waals surface area contributed by atoms with Crippen LogP contribution in [0.4, 0.5) is 0 Å². The molecule has 0 saturated carbocycles. The van der Waals surface area contributed by atoms with Crippen LogP contribution in [0.5, 0.6) is 5.75 Å². The van der Waals surface area contributed by atoms with Gasteiger partial charge in [0.25, 0.3) is 5.91 Å². The fourth-order valence-electron chi connectivity index (χ4n) is 3.12. The molecule has 8 heteroatoms. The third-order valence-corrected chi connectivity index (χ3v) is 5.41. The lowest BCUT2D eigenvalue weighted by molar-refractivity contribution is -0.121. The molecule has 0 saturated heterocycles. The number of ether oxygens (including phenoxy) is 1. The van der Waals surface area contributed by atoms with Crippen molar-refractivity contribution in [3.8, 4) is 5.75 Å². The number of benzene rings is 3. The lowest BCUT2D eigenvalue weighted by Crippen LogP contribution is -2.48. The van der Waals surface area contributed by atoms with Gasteiger partial charge in [0.15, 0.2) is 5.11 Å². The maximum Gasteiger partial charge on any atom is 0.261 e. The molecule has 0 spiro atoms. The number of carbonyl (C=O) groups excluding carboxylic acids is 2. The molecule has 0 aliphatic heterocycles. The predicted octanol–water partition coefficient (Wildman–Crippen LogP) is 4.66. The van der Waals surface area contributed by atoms with Crippen LogP contribution in [0.1, 0.15) is 35.7 Å². The van der Waals surface area contributed by atoms with Crippen molar-refractivity contribution in [2.45, 2.75) is 26.2 Å². The molecule has 3 aromatic rings. The number of unbranched alkanes of at least 4 members (excludes halogenated alkanes) is 1. The number of fused-ring (bicyclic) bond motifs is 1. The Balaban J connectivity index is 1.56. The van der Waals surface area contributed by atoms with Gasteiger partial charge in [0, 0.05) is 4.47 Å². The Hall–Kier alpha value is -2.97. The molecule has 32 heavy (non-hydrogen) atoms. The summed E-state index contributed by atoms with van der Waals surface area (Å²) < 4.78 is 6.46. The van der Waals surface area contributed by atoms with Gasteiger partial charge in [0.2, 0.25) is 5.91 Å². The number of halogens is 1. The van der Waals surface area contributed by atoms with Gasteiger partial charge in [-0.2, -0.15) is 0 Å². The third-order valence-electron chi connectivity index (χ3n) is 4.72. The molecule has 0 unspecified atom stereocenters. The van der Waals surface area contributed by atoms with E-state index in [0.717, 1.165) is 33.7 Å². The normalized spacial score (nSPS) is 10.4. The number of carbonyl (C=O) groups is 2.